The zero-order chi connectivity index (χ0) is 7.14. The summed E-state index contributed by atoms with van der Waals surface area (Å²) in [6.07, 6.45) is 0.957. The molecule has 10 heavy (non-hydrogen) atoms. The van der Waals surface area contributed by atoms with E-state index in [4.69, 9.17) is 5.73 Å². The molecule has 0 bridgehead atoms. The quantitative estimate of drug-likeness (QED) is 0.460. The van der Waals surface area contributed by atoms with Crippen LogP contribution in [0.1, 0.15) is 6.42 Å². The van der Waals surface area contributed by atoms with Crippen LogP contribution in [-0.4, -0.2) is 36.1 Å². The molecule has 0 radical (unpaired) electrons. The molecular weight excluding hydrogens is 130 g/mol. The lowest BCUT2D eigenvalue weighted by Crippen LogP contribution is -2.32. The highest BCUT2D eigenvalue weighted by molar-refractivity contribution is 5.77. The summed E-state index contributed by atoms with van der Waals surface area (Å²) in [5.41, 5.74) is 5.67. The minimum atomic E-state index is 0.0537. The second-order valence-electron chi connectivity index (χ2n) is 2.99. The van der Waals surface area contributed by atoms with E-state index in [1.54, 1.807) is 0 Å². The molecule has 0 aromatic rings. The van der Waals surface area contributed by atoms with E-state index in [-0.39, 0.29) is 12.1 Å². The summed E-state index contributed by atoms with van der Waals surface area (Å²) in [4.78, 5) is 12.8. The lowest BCUT2D eigenvalue weighted by molar-refractivity contribution is 0.216. The van der Waals surface area contributed by atoms with Gasteiger partial charge in [0.2, 0.25) is 0 Å². The van der Waals surface area contributed by atoms with Gasteiger partial charge in [-0.3, -0.25) is 0 Å². The van der Waals surface area contributed by atoms with Gasteiger partial charge in [-0.2, -0.15) is 0 Å². The molecule has 2 heterocycles. The normalized spacial score (nSPS) is 38.1. The Kier molecular flexibility index (Phi) is 1.11. The van der Waals surface area contributed by atoms with Crippen LogP contribution in [0, 0.1) is 0 Å². The highest BCUT2D eigenvalue weighted by Crippen LogP contribution is 2.19. The summed E-state index contributed by atoms with van der Waals surface area (Å²) in [5.74, 6) is 0. The molecule has 2 aliphatic rings. The molecule has 0 spiro atoms. The number of fused-ring (bicyclic) bond motifs is 1. The minimum absolute atomic E-state index is 0.0537. The third-order valence-corrected chi connectivity index (χ3v) is 2.20. The highest BCUT2D eigenvalue weighted by atomic mass is 16.2. The molecular formula is C6H11N3O. The monoisotopic (exact) mass is 141 g/mol. The fraction of sp³-hybridized carbons (Fsp3) is 0.833. The number of carbonyl (C=O) groups is 1. The summed E-state index contributed by atoms with van der Waals surface area (Å²) in [6, 6.07) is 0.636. The van der Waals surface area contributed by atoms with Gasteiger partial charge in [-0.1, -0.05) is 0 Å². The first kappa shape index (κ1) is 5.97. The van der Waals surface area contributed by atoms with Crippen molar-refractivity contribution in [2.24, 2.45) is 5.73 Å². The van der Waals surface area contributed by atoms with Crippen molar-refractivity contribution >= 4 is 6.03 Å². The van der Waals surface area contributed by atoms with Crippen LogP contribution in [0.4, 0.5) is 4.79 Å². The van der Waals surface area contributed by atoms with Crippen molar-refractivity contribution in [3.8, 4) is 0 Å². The van der Waals surface area contributed by atoms with E-state index in [1.807, 2.05) is 4.90 Å². The first-order chi connectivity index (χ1) is 4.77. The second kappa shape index (κ2) is 1.85. The van der Waals surface area contributed by atoms with E-state index < -0.39 is 0 Å². The number of hydrogen-bond acceptors (Lipinski definition) is 2. The predicted octanol–water partition coefficient (Wildman–Crippen LogP) is -0.889. The minimum Gasteiger partial charge on any atom is -0.336 e. The summed E-state index contributed by atoms with van der Waals surface area (Å²) in [7, 11) is 0. The van der Waals surface area contributed by atoms with Gasteiger partial charge < -0.3 is 16.0 Å². The summed E-state index contributed by atoms with van der Waals surface area (Å²) >= 11 is 0. The van der Waals surface area contributed by atoms with Gasteiger partial charge in [0.05, 0.1) is 6.04 Å². The van der Waals surface area contributed by atoms with E-state index in [9.17, 15) is 4.79 Å². The zero-order valence-electron chi connectivity index (χ0n) is 5.71. The standard InChI is InChI=1S/C6H11N3O/c7-4-1-5-2-8-6(10)9(5)3-4/h4-5H,1-3,7H2,(H,8,10). The summed E-state index contributed by atoms with van der Waals surface area (Å²) in [5, 5.41) is 2.77. The van der Waals surface area contributed by atoms with Gasteiger partial charge in [0.25, 0.3) is 0 Å². The third kappa shape index (κ3) is 0.686. The molecule has 2 atom stereocenters. The molecule has 2 fully saturated rings. The average Bonchev–Trinajstić information content (AvgIpc) is 2.35. The Morgan fingerprint density at radius 2 is 2.50 bits per heavy atom. The topological polar surface area (TPSA) is 58.4 Å². The Labute approximate surface area is 59.4 Å². The van der Waals surface area contributed by atoms with Crippen molar-refractivity contribution in [2.45, 2.75) is 18.5 Å². The number of amides is 2. The zero-order valence-corrected chi connectivity index (χ0v) is 5.71. The maximum atomic E-state index is 11.0. The van der Waals surface area contributed by atoms with E-state index in [2.05, 4.69) is 5.32 Å². The molecule has 2 rings (SSSR count). The van der Waals surface area contributed by atoms with Crippen LogP contribution >= 0.6 is 0 Å². The van der Waals surface area contributed by atoms with E-state index in [1.165, 1.54) is 0 Å². The lowest BCUT2D eigenvalue weighted by atomic mass is 10.2. The molecule has 4 nitrogen and oxygen atoms in total. The third-order valence-electron chi connectivity index (χ3n) is 2.20. The molecule has 0 aliphatic carbocycles. The van der Waals surface area contributed by atoms with E-state index >= 15 is 0 Å². The van der Waals surface area contributed by atoms with Gasteiger partial charge in [-0.05, 0) is 6.42 Å². The fourth-order valence-electron chi connectivity index (χ4n) is 1.70. The number of carbonyl (C=O) groups excluding carboxylic acids is 1. The Balaban J connectivity index is 2.12. The van der Waals surface area contributed by atoms with Crippen molar-refractivity contribution < 1.29 is 4.79 Å². The summed E-state index contributed by atoms with van der Waals surface area (Å²) in [6.45, 7) is 1.52. The number of rotatable bonds is 0. The Morgan fingerprint density at radius 3 is 3.20 bits per heavy atom. The first-order valence-corrected chi connectivity index (χ1v) is 3.57. The Morgan fingerprint density at radius 1 is 1.70 bits per heavy atom. The lowest BCUT2D eigenvalue weighted by Gasteiger charge is -2.10. The van der Waals surface area contributed by atoms with Crippen LogP contribution in [0.3, 0.4) is 0 Å². The predicted molar refractivity (Wildman–Crippen MR) is 36.5 cm³/mol. The van der Waals surface area contributed by atoms with Crippen LogP contribution < -0.4 is 11.1 Å². The van der Waals surface area contributed by atoms with Crippen molar-refractivity contribution in [1.82, 2.24) is 10.2 Å². The maximum absolute atomic E-state index is 11.0. The van der Waals surface area contributed by atoms with Crippen LogP contribution in [-0.2, 0) is 0 Å². The molecule has 0 saturated carbocycles. The Hall–Kier alpha value is -0.770. The van der Waals surface area contributed by atoms with Gasteiger partial charge in [-0.25, -0.2) is 4.79 Å². The Bertz CT molecular complexity index is 170. The van der Waals surface area contributed by atoms with Gasteiger partial charge >= 0.3 is 6.03 Å². The molecule has 0 aromatic carbocycles. The van der Waals surface area contributed by atoms with Crippen molar-refractivity contribution in [3.05, 3.63) is 0 Å². The molecule has 2 saturated heterocycles. The van der Waals surface area contributed by atoms with E-state index in [0.717, 1.165) is 19.5 Å². The van der Waals surface area contributed by atoms with E-state index in [0.29, 0.717) is 6.04 Å². The maximum Gasteiger partial charge on any atom is 0.317 e. The number of hydrogen-bond donors (Lipinski definition) is 2. The number of nitrogens with one attached hydrogen (secondary N) is 1. The highest BCUT2D eigenvalue weighted by Gasteiger charge is 2.37. The van der Waals surface area contributed by atoms with Gasteiger partial charge in [0.15, 0.2) is 0 Å². The number of nitrogens with two attached hydrogens (primary N) is 1. The molecule has 56 valence electrons. The van der Waals surface area contributed by atoms with Crippen LogP contribution in [0.5, 0.6) is 0 Å². The second-order valence-corrected chi connectivity index (χ2v) is 2.99. The van der Waals surface area contributed by atoms with Crippen LogP contribution in [0.15, 0.2) is 0 Å². The molecule has 2 amide bonds. The number of urea groups is 1. The van der Waals surface area contributed by atoms with Crippen LogP contribution in [0.25, 0.3) is 0 Å². The number of nitrogens with zero attached hydrogens (tertiary/aromatic N) is 1. The molecule has 4 heteroatoms. The van der Waals surface area contributed by atoms with Gasteiger partial charge in [0, 0.05) is 19.1 Å². The molecule has 3 N–H and O–H groups in total. The largest absolute Gasteiger partial charge is 0.336 e. The fourth-order valence-corrected chi connectivity index (χ4v) is 1.70. The molecule has 2 unspecified atom stereocenters. The molecule has 2 aliphatic heterocycles. The van der Waals surface area contributed by atoms with Crippen LogP contribution in [0.2, 0.25) is 0 Å². The van der Waals surface area contributed by atoms with Crippen molar-refractivity contribution in [3.63, 3.8) is 0 Å². The van der Waals surface area contributed by atoms with Gasteiger partial charge in [-0.15, -0.1) is 0 Å². The van der Waals surface area contributed by atoms with Crippen molar-refractivity contribution in [1.29, 1.82) is 0 Å². The van der Waals surface area contributed by atoms with Crippen molar-refractivity contribution in [2.75, 3.05) is 13.1 Å². The first-order valence-electron chi connectivity index (χ1n) is 3.57. The average molecular weight is 141 g/mol. The summed E-state index contributed by atoms with van der Waals surface area (Å²) < 4.78 is 0. The van der Waals surface area contributed by atoms with Gasteiger partial charge in [0.1, 0.15) is 0 Å². The molecule has 0 aromatic heterocycles. The SMILES string of the molecule is NC1CC2CNC(=O)N2C1. The smallest absolute Gasteiger partial charge is 0.317 e.